The Labute approximate surface area is 143 Å². The highest BCUT2D eigenvalue weighted by molar-refractivity contribution is 6.85. The molecule has 0 N–H and O–H groups in total. The fourth-order valence-electron chi connectivity index (χ4n) is 2.97. The normalized spacial score (nSPS) is 11.6. The Morgan fingerprint density at radius 3 is 1.83 bits per heavy atom. The second-order valence-electron chi connectivity index (χ2n) is 6.35. The van der Waals surface area contributed by atoms with Gasteiger partial charge in [-0.15, -0.1) is 0 Å². The molecule has 0 saturated carbocycles. The maximum Gasteiger partial charge on any atom is 0.107 e. The molecule has 2 aromatic rings. The van der Waals surface area contributed by atoms with E-state index in [1.165, 1.54) is 18.0 Å². The topological polar surface area (TPSA) is 0 Å². The van der Waals surface area contributed by atoms with Gasteiger partial charge in [-0.1, -0.05) is 94.3 Å². The summed E-state index contributed by atoms with van der Waals surface area (Å²) in [6.07, 6.45) is 7.04. The number of rotatable bonds is 7. The van der Waals surface area contributed by atoms with Crippen LogP contribution < -0.4 is 10.4 Å². The van der Waals surface area contributed by atoms with Gasteiger partial charge in [-0.05, 0) is 39.7 Å². The summed E-state index contributed by atoms with van der Waals surface area (Å²) < 4.78 is 0. The lowest BCUT2D eigenvalue weighted by molar-refractivity contribution is 0.960. The van der Waals surface area contributed by atoms with Crippen molar-refractivity contribution in [3.05, 3.63) is 84.0 Å². The molecule has 0 aliphatic rings. The molecule has 0 spiro atoms. The van der Waals surface area contributed by atoms with Gasteiger partial charge >= 0.3 is 0 Å². The third-order valence-corrected chi connectivity index (χ3v) is 7.61. The van der Waals surface area contributed by atoms with Crippen molar-refractivity contribution in [1.82, 2.24) is 0 Å². The molecule has 0 nitrogen and oxygen atoms in total. The van der Waals surface area contributed by atoms with Crippen molar-refractivity contribution in [1.29, 1.82) is 0 Å². The third kappa shape index (κ3) is 5.68. The lowest BCUT2D eigenvalue weighted by Gasteiger charge is -2.18. The van der Waals surface area contributed by atoms with E-state index >= 15 is 0 Å². The molecule has 23 heavy (non-hydrogen) atoms. The minimum atomic E-state index is -1.18. The van der Waals surface area contributed by atoms with E-state index in [1.807, 2.05) is 0 Å². The van der Waals surface area contributed by atoms with E-state index < -0.39 is 8.80 Å². The first-order valence-electron chi connectivity index (χ1n) is 8.58. The maximum absolute atomic E-state index is 2.35. The first kappa shape index (κ1) is 17.5. The van der Waals surface area contributed by atoms with Gasteiger partial charge in [0.25, 0.3) is 0 Å². The minimum Gasteiger partial charge on any atom is -0.0887 e. The summed E-state index contributed by atoms with van der Waals surface area (Å²) in [7, 11) is -1.18. The molecule has 2 rings (SSSR count). The van der Waals surface area contributed by atoms with Gasteiger partial charge in [0.15, 0.2) is 0 Å². The Morgan fingerprint density at radius 2 is 1.39 bits per heavy atom. The van der Waals surface area contributed by atoms with Crippen LogP contribution in [0.1, 0.15) is 33.6 Å². The highest BCUT2D eigenvalue weighted by Crippen LogP contribution is 2.15. The van der Waals surface area contributed by atoms with E-state index in [0.29, 0.717) is 0 Å². The Bertz CT molecular complexity index is 595. The Morgan fingerprint density at radius 1 is 0.870 bits per heavy atom. The van der Waals surface area contributed by atoms with Crippen LogP contribution in [-0.2, 0) is 0 Å². The summed E-state index contributed by atoms with van der Waals surface area (Å²) in [4.78, 5) is 0. The monoisotopic (exact) mass is 320 g/mol. The molecule has 0 amide bonds. The fourth-order valence-corrected chi connectivity index (χ4v) is 6.17. The molecule has 2 aromatic carbocycles. The van der Waals surface area contributed by atoms with Crippen LogP contribution in [0.4, 0.5) is 0 Å². The van der Waals surface area contributed by atoms with Crippen LogP contribution in [0.2, 0.25) is 6.04 Å². The zero-order valence-electron chi connectivity index (χ0n) is 14.6. The molecule has 1 heteroatoms. The maximum atomic E-state index is 2.35. The molecule has 120 valence electrons. The second kappa shape index (κ2) is 9.31. The smallest absolute Gasteiger partial charge is 0.0887 e. The summed E-state index contributed by atoms with van der Waals surface area (Å²) in [5.41, 5.74) is 3.02. The first-order chi connectivity index (χ1) is 11.2. The van der Waals surface area contributed by atoms with E-state index in [4.69, 9.17) is 0 Å². The summed E-state index contributed by atoms with van der Waals surface area (Å²) >= 11 is 0. The van der Waals surface area contributed by atoms with Crippen molar-refractivity contribution < 1.29 is 0 Å². The summed E-state index contributed by atoms with van der Waals surface area (Å²) in [5, 5.41) is 3.08. The molecule has 0 aromatic heterocycles. The van der Waals surface area contributed by atoms with Crippen LogP contribution in [0.15, 0.2) is 84.0 Å². The summed E-state index contributed by atoms with van der Waals surface area (Å²) in [6.45, 7) is 6.56. The van der Waals surface area contributed by atoms with Crippen molar-refractivity contribution in [3.63, 3.8) is 0 Å². The predicted octanol–water partition coefficient (Wildman–Crippen LogP) is 4.72. The van der Waals surface area contributed by atoms with E-state index in [2.05, 4.69) is 93.6 Å². The predicted molar refractivity (Wildman–Crippen MR) is 107 cm³/mol. The van der Waals surface area contributed by atoms with Gasteiger partial charge in [0, 0.05) is 0 Å². The van der Waals surface area contributed by atoms with Gasteiger partial charge in [-0.2, -0.15) is 0 Å². The van der Waals surface area contributed by atoms with Crippen molar-refractivity contribution in [2.24, 2.45) is 0 Å². The molecule has 0 fully saturated rings. The number of allylic oxidation sites excluding steroid dienone is 4. The Balaban J connectivity index is 2.19. The zero-order valence-corrected chi connectivity index (χ0v) is 15.8. The Hall–Kier alpha value is -1.86. The van der Waals surface area contributed by atoms with Crippen LogP contribution in [0.25, 0.3) is 0 Å². The standard InChI is InChI=1S/C22H28Si/c1-4-20(13-11-12-19(2)3)18-23(21-14-7-5-8-15-21)22-16-9-6-10-17-22/h4-10,12,14-17,23H,11,13,18H2,1-3H3. The van der Waals surface area contributed by atoms with Gasteiger partial charge in [-0.3, -0.25) is 0 Å². The van der Waals surface area contributed by atoms with Gasteiger partial charge < -0.3 is 0 Å². The zero-order chi connectivity index (χ0) is 16.5. The summed E-state index contributed by atoms with van der Waals surface area (Å²) in [6, 6.07) is 23.4. The molecule has 0 saturated heterocycles. The van der Waals surface area contributed by atoms with Crippen LogP contribution in [0, 0.1) is 0 Å². The lowest BCUT2D eigenvalue weighted by atomic mass is 10.1. The van der Waals surface area contributed by atoms with Gasteiger partial charge in [0.05, 0.1) is 0 Å². The van der Waals surface area contributed by atoms with Gasteiger partial charge in [0.2, 0.25) is 0 Å². The quantitative estimate of drug-likeness (QED) is 0.511. The van der Waals surface area contributed by atoms with Crippen LogP contribution in [0.5, 0.6) is 0 Å². The second-order valence-corrected chi connectivity index (χ2v) is 9.19. The van der Waals surface area contributed by atoms with Crippen molar-refractivity contribution in [2.75, 3.05) is 0 Å². The number of benzene rings is 2. The van der Waals surface area contributed by atoms with Crippen molar-refractivity contribution >= 4 is 19.2 Å². The average molecular weight is 321 g/mol. The molecular weight excluding hydrogens is 292 g/mol. The van der Waals surface area contributed by atoms with Crippen molar-refractivity contribution in [2.45, 2.75) is 39.7 Å². The molecule has 0 atom stereocenters. The van der Waals surface area contributed by atoms with Crippen molar-refractivity contribution in [3.8, 4) is 0 Å². The average Bonchev–Trinajstić information content (AvgIpc) is 2.59. The highest BCUT2D eigenvalue weighted by Gasteiger charge is 2.17. The molecule has 0 radical (unpaired) electrons. The van der Waals surface area contributed by atoms with Gasteiger partial charge in [0.1, 0.15) is 8.80 Å². The molecule has 0 aliphatic heterocycles. The lowest BCUT2D eigenvalue weighted by Crippen LogP contribution is -2.42. The number of hydrogen-bond donors (Lipinski definition) is 0. The summed E-state index contributed by atoms with van der Waals surface area (Å²) in [5.74, 6) is 0. The van der Waals surface area contributed by atoms with E-state index in [9.17, 15) is 0 Å². The molecule has 0 heterocycles. The molecule has 0 aliphatic carbocycles. The van der Waals surface area contributed by atoms with Gasteiger partial charge in [-0.25, -0.2) is 0 Å². The van der Waals surface area contributed by atoms with E-state index in [-0.39, 0.29) is 0 Å². The minimum absolute atomic E-state index is 1.16. The fraction of sp³-hybridized carbons (Fsp3) is 0.273. The van der Waals surface area contributed by atoms with E-state index in [1.54, 1.807) is 15.9 Å². The number of hydrogen-bond acceptors (Lipinski definition) is 0. The van der Waals surface area contributed by atoms with Crippen LogP contribution in [0.3, 0.4) is 0 Å². The van der Waals surface area contributed by atoms with Crippen LogP contribution >= 0.6 is 0 Å². The Kier molecular flexibility index (Phi) is 7.08. The van der Waals surface area contributed by atoms with Crippen LogP contribution in [-0.4, -0.2) is 8.80 Å². The third-order valence-electron chi connectivity index (χ3n) is 4.30. The first-order valence-corrected chi connectivity index (χ1v) is 10.5. The SMILES string of the molecule is CC=C(CCC=C(C)C)C[SiH](c1ccccc1)c1ccccc1. The molecule has 0 unspecified atom stereocenters. The highest BCUT2D eigenvalue weighted by atomic mass is 28.3. The van der Waals surface area contributed by atoms with E-state index in [0.717, 1.165) is 6.42 Å². The molecular formula is C22H28Si. The largest absolute Gasteiger partial charge is 0.107 e. The molecule has 0 bridgehead atoms.